The molecule has 1 N–H and O–H groups in total. The molecule has 1 amide bonds. The average Bonchev–Trinajstić information content (AvgIpc) is 3.10. The predicted octanol–water partition coefficient (Wildman–Crippen LogP) is 1.82. The zero-order chi connectivity index (χ0) is 12.0. The van der Waals surface area contributed by atoms with Crippen LogP contribution in [0.2, 0.25) is 0 Å². The van der Waals surface area contributed by atoms with Crippen molar-refractivity contribution in [2.45, 2.75) is 45.2 Å². The molecule has 1 aliphatic carbocycles. The number of aryl methyl sites for hydroxylation is 1. The van der Waals surface area contributed by atoms with Crippen LogP contribution in [0.5, 0.6) is 0 Å². The molecule has 1 aliphatic heterocycles. The first-order chi connectivity index (χ1) is 8.20. The van der Waals surface area contributed by atoms with Crippen molar-refractivity contribution in [3.63, 3.8) is 0 Å². The Bertz CT molecular complexity index is 463. The summed E-state index contributed by atoms with van der Waals surface area (Å²) in [5.74, 6) is 1.83. The Labute approximate surface area is 100 Å². The van der Waals surface area contributed by atoms with Crippen molar-refractivity contribution in [3.8, 4) is 0 Å². The summed E-state index contributed by atoms with van der Waals surface area (Å²) in [6.45, 7) is 3.93. The Morgan fingerprint density at radius 2 is 2.24 bits per heavy atom. The van der Waals surface area contributed by atoms with Gasteiger partial charge in [0.2, 0.25) is 0 Å². The van der Waals surface area contributed by atoms with E-state index < -0.39 is 6.09 Å². The molecular weight excluding hydrogens is 218 g/mol. The Balaban J connectivity index is 1.97. The molecule has 1 fully saturated rings. The van der Waals surface area contributed by atoms with Crippen LogP contribution in [0, 0.1) is 0 Å². The number of carboxylic acid groups (broad SMARTS) is 1. The van der Waals surface area contributed by atoms with Gasteiger partial charge in [-0.15, -0.1) is 0 Å². The molecule has 0 atom stereocenters. The molecule has 0 radical (unpaired) electrons. The summed E-state index contributed by atoms with van der Waals surface area (Å²) in [6.07, 6.45) is 2.53. The minimum Gasteiger partial charge on any atom is -0.465 e. The summed E-state index contributed by atoms with van der Waals surface area (Å²) in [6, 6.07) is 0. The van der Waals surface area contributed by atoms with Gasteiger partial charge in [-0.1, -0.05) is 6.92 Å². The molecule has 2 aliphatic rings. The maximum absolute atomic E-state index is 11.0. The molecule has 17 heavy (non-hydrogen) atoms. The summed E-state index contributed by atoms with van der Waals surface area (Å²) >= 11 is 0. The minimum atomic E-state index is -0.826. The van der Waals surface area contributed by atoms with Crippen LogP contribution in [0.1, 0.15) is 42.9 Å². The van der Waals surface area contributed by atoms with Crippen molar-refractivity contribution >= 4 is 6.09 Å². The molecule has 0 spiro atoms. The molecule has 0 unspecified atom stereocenters. The van der Waals surface area contributed by atoms with Gasteiger partial charge in [0, 0.05) is 19.0 Å². The van der Waals surface area contributed by atoms with Crippen LogP contribution >= 0.6 is 0 Å². The highest BCUT2D eigenvalue weighted by atomic mass is 16.4. The molecule has 1 saturated carbocycles. The van der Waals surface area contributed by atoms with Crippen LogP contribution < -0.4 is 0 Å². The average molecular weight is 235 g/mol. The molecule has 2 heterocycles. The number of hydrogen-bond donors (Lipinski definition) is 1. The third-order valence-electron chi connectivity index (χ3n) is 3.67. The van der Waals surface area contributed by atoms with Gasteiger partial charge in [-0.3, -0.25) is 0 Å². The largest absolute Gasteiger partial charge is 0.465 e. The standard InChI is InChI=1S/C12H17N3O2/c1-2-9-10-7-14(12(16)17)5-6-15(10)11(13-9)8-3-4-8/h8H,2-7H2,1H3,(H,16,17). The first-order valence-corrected chi connectivity index (χ1v) is 6.26. The lowest BCUT2D eigenvalue weighted by Gasteiger charge is -2.27. The lowest BCUT2D eigenvalue weighted by atomic mass is 10.2. The lowest BCUT2D eigenvalue weighted by molar-refractivity contribution is 0.132. The zero-order valence-corrected chi connectivity index (χ0v) is 10.0. The number of aromatic nitrogens is 2. The topological polar surface area (TPSA) is 58.4 Å². The van der Waals surface area contributed by atoms with E-state index in [1.165, 1.54) is 23.6 Å². The summed E-state index contributed by atoms with van der Waals surface area (Å²) in [7, 11) is 0. The van der Waals surface area contributed by atoms with Gasteiger partial charge in [-0.05, 0) is 19.3 Å². The third kappa shape index (κ3) is 1.69. The summed E-state index contributed by atoms with van der Waals surface area (Å²) < 4.78 is 2.26. The van der Waals surface area contributed by atoms with E-state index in [4.69, 9.17) is 10.1 Å². The van der Waals surface area contributed by atoms with E-state index in [0.717, 1.165) is 24.4 Å². The normalized spacial score (nSPS) is 19.2. The second-order valence-electron chi connectivity index (χ2n) is 4.85. The number of hydrogen-bond acceptors (Lipinski definition) is 2. The van der Waals surface area contributed by atoms with E-state index in [0.29, 0.717) is 19.0 Å². The lowest BCUT2D eigenvalue weighted by Crippen LogP contribution is -2.37. The number of fused-ring (bicyclic) bond motifs is 1. The van der Waals surface area contributed by atoms with Gasteiger partial charge in [0.05, 0.1) is 17.9 Å². The van der Waals surface area contributed by atoms with Gasteiger partial charge in [0.15, 0.2) is 0 Å². The van der Waals surface area contributed by atoms with Crippen molar-refractivity contribution in [2.24, 2.45) is 0 Å². The van der Waals surface area contributed by atoms with E-state index >= 15 is 0 Å². The van der Waals surface area contributed by atoms with E-state index in [1.54, 1.807) is 0 Å². The molecule has 1 aromatic rings. The summed E-state index contributed by atoms with van der Waals surface area (Å²) in [5.41, 5.74) is 2.20. The van der Waals surface area contributed by atoms with E-state index in [1.807, 2.05) is 0 Å². The molecule has 5 heteroatoms. The van der Waals surface area contributed by atoms with Crippen LogP contribution in [0.15, 0.2) is 0 Å². The molecule has 0 bridgehead atoms. The van der Waals surface area contributed by atoms with E-state index in [9.17, 15) is 4.79 Å². The maximum atomic E-state index is 11.0. The Morgan fingerprint density at radius 1 is 1.47 bits per heavy atom. The first-order valence-electron chi connectivity index (χ1n) is 6.26. The highest BCUT2D eigenvalue weighted by Crippen LogP contribution is 2.40. The number of imidazole rings is 1. The van der Waals surface area contributed by atoms with Crippen molar-refractivity contribution in [3.05, 3.63) is 17.2 Å². The zero-order valence-electron chi connectivity index (χ0n) is 10.0. The van der Waals surface area contributed by atoms with E-state index in [-0.39, 0.29) is 0 Å². The Hall–Kier alpha value is -1.52. The number of rotatable bonds is 2. The molecule has 3 rings (SSSR count). The van der Waals surface area contributed by atoms with Crippen LogP contribution in [-0.2, 0) is 19.5 Å². The fraction of sp³-hybridized carbons (Fsp3) is 0.667. The molecule has 5 nitrogen and oxygen atoms in total. The van der Waals surface area contributed by atoms with Gasteiger partial charge in [-0.25, -0.2) is 9.78 Å². The number of carbonyl (C=O) groups is 1. The van der Waals surface area contributed by atoms with Crippen molar-refractivity contribution in [1.29, 1.82) is 0 Å². The fourth-order valence-corrected chi connectivity index (χ4v) is 2.56. The second kappa shape index (κ2) is 3.75. The Kier molecular flexibility index (Phi) is 2.34. The SMILES string of the molecule is CCc1nc(C2CC2)n2c1CN(C(=O)O)CC2. The van der Waals surface area contributed by atoms with E-state index in [2.05, 4.69) is 11.5 Å². The second-order valence-corrected chi connectivity index (χ2v) is 4.85. The third-order valence-corrected chi connectivity index (χ3v) is 3.67. The smallest absolute Gasteiger partial charge is 0.407 e. The Morgan fingerprint density at radius 3 is 2.82 bits per heavy atom. The molecule has 92 valence electrons. The predicted molar refractivity (Wildman–Crippen MR) is 62.0 cm³/mol. The van der Waals surface area contributed by atoms with Gasteiger partial charge in [0.25, 0.3) is 0 Å². The van der Waals surface area contributed by atoms with Crippen molar-refractivity contribution in [1.82, 2.24) is 14.5 Å². The fourth-order valence-electron chi connectivity index (χ4n) is 2.56. The highest BCUT2D eigenvalue weighted by molar-refractivity contribution is 5.65. The minimum absolute atomic E-state index is 0.498. The highest BCUT2D eigenvalue weighted by Gasteiger charge is 2.33. The maximum Gasteiger partial charge on any atom is 0.407 e. The van der Waals surface area contributed by atoms with Crippen LogP contribution in [-0.4, -0.2) is 32.2 Å². The van der Waals surface area contributed by atoms with Crippen molar-refractivity contribution in [2.75, 3.05) is 6.54 Å². The molecule has 1 aromatic heterocycles. The van der Waals surface area contributed by atoms with Gasteiger partial charge in [0.1, 0.15) is 5.82 Å². The molecule has 0 saturated heterocycles. The van der Waals surface area contributed by atoms with Crippen LogP contribution in [0.25, 0.3) is 0 Å². The monoisotopic (exact) mass is 235 g/mol. The van der Waals surface area contributed by atoms with Gasteiger partial charge < -0.3 is 14.6 Å². The van der Waals surface area contributed by atoms with Crippen molar-refractivity contribution < 1.29 is 9.90 Å². The summed E-state index contributed by atoms with van der Waals surface area (Å²) in [4.78, 5) is 17.2. The number of nitrogens with zero attached hydrogens (tertiary/aromatic N) is 3. The first kappa shape index (κ1) is 10.6. The van der Waals surface area contributed by atoms with Crippen LogP contribution in [0.3, 0.4) is 0 Å². The van der Waals surface area contributed by atoms with Gasteiger partial charge in [-0.2, -0.15) is 0 Å². The molecular formula is C12H17N3O2. The number of amides is 1. The molecule has 0 aromatic carbocycles. The summed E-state index contributed by atoms with van der Waals surface area (Å²) in [5, 5.41) is 9.05. The quantitative estimate of drug-likeness (QED) is 0.850. The van der Waals surface area contributed by atoms with Crippen LogP contribution in [0.4, 0.5) is 4.79 Å². The van der Waals surface area contributed by atoms with Gasteiger partial charge >= 0.3 is 6.09 Å².